The first-order valence-electron chi connectivity index (χ1n) is 5.08. The van der Waals surface area contributed by atoms with Gasteiger partial charge < -0.3 is 26.4 Å². The number of hydrogen-bond acceptors (Lipinski definition) is 7. The minimum absolute atomic E-state index is 0.151. The van der Waals surface area contributed by atoms with E-state index in [4.69, 9.17) is 5.73 Å². The van der Waals surface area contributed by atoms with Gasteiger partial charge in [-0.2, -0.15) is 5.10 Å². The van der Waals surface area contributed by atoms with Crippen molar-refractivity contribution >= 4 is 17.3 Å². The zero-order chi connectivity index (χ0) is 12.7. The van der Waals surface area contributed by atoms with Gasteiger partial charge in [0.1, 0.15) is 0 Å². The van der Waals surface area contributed by atoms with E-state index >= 15 is 0 Å². The Bertz CT molecular complexity index is 609. The van der Waals surface area contributed by atoms with Crippen molar-refractivity contribution in [2.24, 2.45) is 10.8 Å². The Morgan fingerprint density at radius 2 is 2.00 bits per heavy atom. The number of benzene rings is 1. The van der Waals surface area contributed by atoms with Gasteiger partial charge >= 0.3 is 0 Å². The predicted octanol–water partition coefficient (Wildman–Crippen LogP) is 0.928. The van der Waals surface area contributed by atoms with Crippen LogP contribution in [0.4, 0.5) is 11.4 Å². The van der Waals surface area contributed by atoms with Crippen molar-refractivity contribution in [3.63, 3.8) is 0 Å². The number of nitrogens with zero attached hydrogens (tertiary/aromatic N) is 4. The van der Waals surface area contributed by atoms with Crippen molar-refractivity contribution < 1.29 is 0 Å². The fraction of sp³-hybridized carbons (Fsp3) is 0. The van der Waals surface area contributed by atoms with Crippen LogP contribution in [0.25, 0.3) is 11.1 Å². The molecule has 0 fully saturated rings. The van der Waals surface area contributed by atoms with Gasteiger partial charge in [-0.3, -0.25) is 5.10 Å². The van der Waals surface area contributed by atoms with E-state index in [-0.39, 0.29) is 17.3 Å². The molecular formula is C10H8N6O2-2. The minimum Gasteiger partial charge on any atom is -0.752 e. The van der Waals surface area contributed by atoms with Crippen LogP contribution in [0.3, 0.4) is 0 Å². The number of aromatic nitrogens is 2. The molecule has 1 aromatic carbocycles. The monoisotopic (exact) mass is 244 g/mol. The van der Waals surface area contributed by atoms with E-state index in [1.165, 1.54) is 6.07 Å². The van der Waals surface area contributed by atoms with Gasteiger partial charge in [0.15, 0.2) is 0 Å². The lowest BCUT2D eigenvalue weighted by molar-refractivity contribution is 1.03. The average molecular weight is 244 g/mol. The zero-order valence-electron chi connectivity index (χ0n) is 9.07. The first-order chi connectivity index (χ1) is 8.66. The molecule has 0 atom stereocenters. The number of aromatic amines is 1. The Labute approximate surface area is 101 Å². The Kier molecular flexibility index (Phi) is 2.18. The molecule has 1 aliphatic heterocycles. The summed E-state index contributed by atoms with van der Waals surface area (Å²) in [6, 6.07) is 4.80. The number of rotatable bonds is 1. The van der Waals surface area contributed by atoms with Crippen LogP contribution >= 0.6 is 0 Å². The maximum absolute atomic E-state index is 11.6. The SMILES string of the molecule is NC1=NN([O-])c2cc(-c3cn[nH]c3)ccc2N1[O-]. The summed E-state index contributed by atoms with van der Waals surface area (Å²) < 4.78 is 0. The van der Waals surface area contributed by atoms with Crippen LogP contribution < -0.4 is 16.0 Å². The fourth-order valence-corrected chi connectivity index (χ4v) is 1.75. The highest BCUT2D eigenvalue weighted by atomic mass is 16.5. The van der Waals surface area contributed by atoms with Crippen LogP contribution in [0.5, 0.6) is 0 Å². The van der Waals surface area contributed by atoms with Gasteiger partial charge in [0, 0.05) is 11.8 Å². The first-order valence-corrected chi connectivity index (χ1v) is 5.08. The van der Waals surface area contributed by atoms with Crippen LogP contribution in [0.2, 0.25) is 0 Å². The molecule has 0 bridgehead atoms. The number of hydrogen-bond donors (Lipinski definition) is 2. The molecule has 0 unspecified atom stereocenters. The van der Waals surface area contributed by atoms with Gasteiger partial charge in [-0.1, -0.05) is 6.07 Å². The molecular weight excluding hydrogens is 236 g/mol. The van der Waals surface area contributed by atoms with Gasteiger partial charge in [-0.05, 0) is 17.7 Å². The fourth-order valence-electron chi connectivity index (χ4n) is 1.75. The van der Waals surface area contributed by atoms with Gasteiger partial charge in [0.2, 0.25) is 5.96 Å². The molecule has 2 aromatic rings. The molecule has 3 rings (SSSR count). The quantitative estimate of drug-likeness (QED) is 0.769. The largest absolute Gasteiger partial charge is 0.752 e. The zero-order valence-corrected chi connectivity index (χ0v) is 9.07. The summed E-state index contributed by atoms with van der Waals surface area (Å²) in [5.74, 6) is -0.381. The number of H-pyrrole nitrogens is 1. The topological polar surface area (TPSA) is 120 Å². The maximum Gasteiger partial charge on any atom is 0.207 e. The number of hydroxylamine groups is 1. The van der Waals surface area contributed by atoms with Gasteiger partial charge in [-0.25, -0.2) is 0 Å². The normalized spacial score (nSPS) is 14.4. The maximum atomic E-state index is 11.6. The van der Waals surface area contributed by atoms with E-state index in [1.807, 2.05) is 0 Å². The molecule has 0 saturated heterocycles. The van der Waals surface area contributed by atoms with E-state index in [1.54, 1.807) is 24.5 Å². The smallest absolute Gasteiger partial charge is 0.207 e. The highest BCUT2D eigenvalue weighted by Gasteiger charge is 2.15. The summed E-state index contributed by atoms with van der Waals surface area (Å²) in [4.78, 5) is 0. The molecule has 92 valence electrons. The number of anilines is 2. The molecule has 8 heteroatoms. The van der Waals surface area contributed by atoms with E-state index in [0.29, 0.717) is 10.2 Å². The number of guanidine groups is 1. The van der Waals surface area contributed by atoms with E-state index in [9.17, 15) is 10.4 Å². The van der Waals surface area contributed by atoms with Gasteiger partial charge in [0.05, 0.1) is 17.6 Å². The molecule has 18 heavy (non-hydrogen) atoms. The van der Waals surface area contributed by atoms with Crippen molar-refractivity contribution in [2.45, 2.75) is 0 Å². The molecule has 3 N–H and O–H groups in total. The number of hydrazone groups is 1. The Morgan fingerprint density at radius 1 is 1.17 bits per heavy atom. The summed E-state index contributed by atoms with van der Waals surface area (Å²) in [6.45, 7) is 0. The lowest BCUT2D eigenvalue weighted by atomic mass is 10.1. The van der Waals surface area contributed by atoms with E-state index < -0.39 is 0 Å². The van der Waals surface area contributed by atoms with Crippen LogP contribution in [0.1, 0.15) is 0 Å². The third kappa shape index (κ3) is 1.48. The molecule has 0 saturated carbocycles. The Morgan fingerprint density at radius 3 is 2.72 bits per heavy atom. The second-order valence-electron chi connectivity index (χ2n) is 3.72. The lowest BCUT2D eigenvalue weighted by Crippen LogP contribution is -2.38. The average Bonchev–Trinajstić information content (AvgIpc) is 2.89. The van der Waals surface area contributed by atoms with Crippen LogP contribution in [0.15, 0.2) is 35.7 Å². The molecule has 1 aliphatic rings. The molecule has 1 aromatic heterocycles. The van der Waals surface area contributed by atoms with Crippen LogP contribution in [0, 0.1) is 10.4 Å². The van der Waals surface area contributed by atoms with Crippen molar-refractivity contribution in [3.8, 4) is 11.1 Å². The third-order valence-electron chi connectivity index (χ3n) is 2.63. The second-order valence-corrected chi connectivity index (χ2v) is 3.72. The van der Waals surface area contributed by atoms with Crippen molar-refractivity contribution in [3.05, 3.63) is 41.0 Å². The second kappa shape index (κ2) is 3.72. The molecule has 0 radical (unpaired) electrons. The molecule has 8 nitrogen and oxygen atoms in total. The molecule has 0 amide bonds. The summed E-state index contributed by atoms with van der Waals surface area (Å²) in [7, 11) is 0. The third-order valence-corrected chi connectivity index (χ3v) is 2.63. The van der Waals surface area contributed by atoms with Crippen molar-refractivity contribution in [2.75, 3.05) is 10.2 Å². The first kappa shape index (κ1) is 10.6. The van der Waals surface area contributed by atoms with Crippen molar-refractivity contribution in [1.82, 2.24) is 10.2 Å². The Hall–Kier alpha value is -2.58. The standard InChI is InChI=1S/C10H8N6O2/c11-10-14-16(18)9-3-6(7-4-12-13-5-7)1-2-8(9)15(10)17/h1-5H,(H2,11,14)(H,12,13)/q-2. The van der Waals surface area contributed by atoms with Gasteiger partial charge in [0.25, 0.3) is 0 Å². The molecule has 2 heterocycles. The van der Waals surface area contributed by atoms with Gasteiger partial charge in [-0.15, -0.1) is 5.10 Å². The lowest BCUT2D eigenvalue weighted by Gasteiger charge is -2.41. The summed E-state index contributed by atoms with van der Waals surface area (Å²) >= 11 is 0. The van der Waals surface area contributed by atoms with E-state index in [0.717, 1.165) is 11.1 Å². The Balaban J connectivity index is 2.11. The van der Waals surface area contributed by atoms with Crippen molar-refractivity contribution in [1.29, 1.82) is 0 Å². The summed E-state index contributed by atoms with van der Waals surface area (Å²) in [5, 5.41) is 33.9. The highest BCUT2D eigenvalue weighted by molar-refractivity contribution is 6.02. The minimum atomic E-state index is -0.381. The van der Waals surface area contributed by atoms with Crippen LogP contribution in [-0.2, 0) is 0 Å². The predicted molar refractivity (Wildman–Crippen MR) is 67.3 cm³/mol. The number of nitrogens with two attached hydrogens (primary N) is 1. The summed E-state index contributed by atoms with van der Waals surface area (Å²) in [6.07, 6.45) is 3.30. The number of nitrogens with one attached hydrogen (secondary N) is 1. The van der Waals surface area contributed by atoms with Crippen LogP contribution in [-0.4, -0.2) is 16.2 Å². The molecule has 0 spiro atoms. The van der Waals surface area contributed by atoms with E-state index in [2.05, 4.69) is 15.3 Å². The number of fused-ring (bicyclic) bond motifs is 1. The highest BCUT2D eigenvalue weighted by Crippen LogP contribution is 2.35. The summed E-state index contributed by atoms with van der Waals surface area (Å²) in [5.41, 5.74) is 7.21. The molecule has 0 aliphatic carbocycles.